The summed E-state index contributed by atoms with van der Waals surface area (Å²) in [6.45, 7) is 4.53. The highest BCUT2D eigenvalue weighted by molar-refractivity contribution is 5.68. The summed E-state index contributed by atoms with van der Waals surface area (Å²) in [5, 5.41) is 0. The summed E-state index contributed by atoms with van der Waals surface area (Å²) in [6.07, 6.45) is -3.59. The van der Waals surface area contributed by atoms with E-state index in [0.717, 1.165) is 0 Å². The van der Waals surface area contributed by atoms with Crippen LogP contribution in [0.5, 0.6) is 0 Å². The highest BCUT2D eigenvalue weighted by Crippen LogP contribution is 2.28. The van der Waals surface area contributed by atoms with Crippen LogP contribution in [0.25, 0.3) is 0 Å². The predicted molar refractivity (Wildman–Crippen MR) is 72.8 cm³/mol. The lowest BCUT2D eigenvalue weighted by Crippen LogP contribution is -2.42. The van der Waals surface area contributed by atoms with Crippen molar-refractivity contribution in [2.45, 2.75) is 58.7 Å². The Morgan fingerprint density at radius 2 is 1.57 bits per heavy atom. The maximum Gasteiger partial charge on any atom is 0.304 e. The molecule has 9 heteroatoms. The molecule has 0 unspecified atom stereocenters. The van der Waals surface area contributed by atoms with Gasteiger partial charge in [0.25, 0.3) is 0 Å². The first kappa shape index (κ1) is 18.9. The molecule has 1 aliphatic heterocycles. The van der Waals surface area contributed by atoms with Gasteiger partial charge in [0.05, 0.1) is 6.42 Å². The Morgan fingerprint density at radius 1 is 0.957 bits per heavy atom. The smallest absolute Gasteiger partial charge is 0.304 e. The number of carbonyl (C=O) groups is 4. The average Bonchev–Trinajstić information content (AvgIpc) is 2.74. The molecule has 0 saturated carbocycles. The Kier molecular flexibility index (Phi) is 6.95. The number of rotatable bonds is 6. The van der Waals surface area contributed by atoms with Crippen molar-refractivity contribution in [3.05, 3.63) is 0 Å². The van der Waals surface area contributed by atoms with Crippen LogP contribution in [0.1, 0.15) is 34.1 Å². The molecular weight excluding hydrogens is 312 g/mol. The molecule has 0 aromatic carbocycles. The zero-order valence-corrected chi connectivity index (χ0v) is 13.4. The molecule has 0 aliphatic carbocycles. The third-order valence-electron chi connectivity index (χ3n) is 2.85. The second kappa shape index (κ2) is 8.47. The van der Waals surface area contributed by atoms with Gasteiger partial charge in [-0.25, -0.2) is 0 Å². The fraction of sp³-hybridized carbons (Fsp3) is 0.714. The number of carbonyl (C=O) groups excluding carboxylic acids is 4. The maximum absolute atomic E-state index is 11.2. The lowest BCUT2D eigenvalue weighted by atomic mass is 10.1. The van der Waals surface area contributed by atoms with Crippen molar-refractivity contribution in [3.63, 3.8) is 0 Å². The van der Waals surface area contributed by atoms with Crippen LogP contribution < -0.4 is 0 Å². The van der Waals surface area contributed by atoms with E-state index in [1.165, 1.54) is 27.7 Å². The number of ether oxygens (including phenoxy) is 5. The van der Waals surface area contributed by atoms with Crippen LogP contribution in [-0.4, -0.2) is 55.1 Å². The number of hydrogen-bond donors (Lipinski definition) is 0. The molecule has 4 atom stereocenters. The summed E-state index contributed by atoms with van der Waals surface area (Å²) in [7, 11) is 0. The normalized spacial score (nSPS) is 24.4. The van der Waals surface area contributed by atoms with E-state index in [1.54, 1.807) is 0 Å². The lowest BCUT2D eigenvalue weighted by molar-refractivity contribution is -0.194. The van der Waals surface area contributed by atoms with Crippen LogP contribution in [0.2, 0.25) is 0 Å². The van der Waals surface area contributed by atoms with Gasteiger partial charge in [0.1, 0.15) is 18.8 Å². The third-order valence-corrected chi connectivity index (χ3v) is 2.85. The summed E-state index contributed by atoms with van der Waals surface area (Å²) >= 11 is 0. The van der Waals surface area contributed by atoms with Crippen molar-refractivity contribution >= 4 is 23.9 Å². The molecule has 130 valence electrons. The molecule has 1 fully saturated rings. The minimum atomic E-state index is -0.999. The Morgan fingerprint density at radius 3 is 2.04 bits per heavy atom. The molecule has 0 spiro atoms. The summed E-state index contributed by atoms with van der Waals surface area (Å²) in [5.74, 6) is -2.33. The summed E-state index contributed by atoms with van der Waals surface area (Å²) in [6, 6.07) is 0. The molecule has 23 heavy (non-hydrogen) atoms. The van der Waals surface area contributed by atoms with Crippen LogP contribution in [0, 0.1) is 0 Å². The van der Waals surface area contributed by atoms with Crippen molar-refractivity contribution in [1.82, 2.24) is 0 Å². The van der Waals surface area contributed by atoms with Gasteiger partial charge in [-0.15, -0.1) is 0 Å². The predicted octanol–water partition coefficient (Wildman–Crippen LogP) is 0.0910. The van der Waals surface area contributed by atoms with Crippen LogP contribution in [0.4, 0.5) is 0 Å². The summed E-state index contributed by atoms with van der Waals surface area (Å²) < 4.78 is 25.5. The standard InChI is InChI=1S/C14H20O9/c1-7(15)19-6-12(21-9(3)17)14-11(20-8(2)16)5-13(23-14)22-10(4)18/h11-14H,5-6H2,1-4H3/t11-,12-,13+,14+/m1/s1. The Hall–Kier alpha value is -2.16. The van der Waals surface area contributed by atoms with Crippen molar-refractivity contribution in [2.24, 2.45) is 0 Å². The quantitative estimate of drug-likeness (QED) is 0.493. The molecule has 0 bridgehead atoms. The molecule has 9 nitrogen and oxygen atoms in total. The summed E-state index contributed by atoms with van der Waals surface area (Å²) in [4.78, 5) is 44.4. The molecule has 1 rings (SSSR count). The first-order valence-electron chi connectivity index (χ1n) is 6.99. The van der Waals surface area contributed by atoms with Gasteiger partial charge in [-0.1, -0.05) is 0 Å². The van der Waals surface area contributed by atoms with Crippen molar-refractivity contribution in [2.75, 3.05) is 6.61 Å². The van der Waals surface area contributed by atoms with Gasteiger partial charge >= 0.3 is 23.9 Å². The molecule has 0 N–H and O–H groups in total. The van der Waals surface area contributed by atoms with Gasteiger partial charge < -0.3 is 23.7 Å². The molecule has 0 aromatic heterocycles. The molecule has 1 heterocycles. The molecular formula is C14H20O9. The van der Waals surface area contributed by atoms with Crippen LogP contribution in [0.3, 0.4) is 0 Å². The topological polar surface area (TPSA) is 114 Å². The van der Waals surface area contributed by atoms with E-state index in [2.05, 4.69) is 0 Å². The van der Waals surface area contributed by atoms with E-state index in [9.17, 15) is 19.2 Å². The second-order valence-electron chi connectivity index (χ2n) is 4.97. The highest BCUT2D eigenvalue weighted by Gasteiger charge is 2.45. The minimum Gasteiger partial charge on any atom is -0.462 e. The molecule has 1 aliphatic rings. The van der Waals surface area contributed by atoms with E-state index in [-0.39, 0.29) is 13.0 Å². The first-order valence-corrected chi connectivity index (χ1v) is 6.99. The van der Waals surface area contributed by atoms with Gasteiger partial charge in [0.2, 0.25) is 6.29 Å². The van der Waals surface area contributed by atoms with E-state index >= 15 is 0 Å². The fourth-order valence-corrected chi connectivity index (χ4v) is 2.17. The minimum absolute atomic E-state index is 0.0850. The third kappa shape index (κ3) is 6.64. The van der Waals surface area contributed by atoms with E-state index < -0.39 is 48.5 Å². The average molecular weight is 332 g/mol. The Labute approximate surface area is 133 Å². The highest BCUT2D eigenvalue weighted by atomic mass is 16.7. The van der Waals surface area contributed by atoms with Gasteiger partial charge in [-0.3, -0.25) is 19.2 Å². The lowest BCUT2D eigenvalue weighted by Gasteiger charge is -2.26. The van der Waals surface area contributed by atoms with Crippen LogP contribution in [-0.2, 0) is 42.9 Å². The molecule has 0 amide bonds. The van der Waals surface area contributed by atoms with E-state index in [0.29, 0.717) is 0 Å². The molecule has 1 saturated heterocycles. The second-order valence-corrected chi connectivity index (χ2v) is 4.97. The van der Waals surface area contributed by atoms with Gasteiger partial charge in [-0.2, -0.15) is 0 Å². The van der Waals surface area contributed by atoms with Gasteiger partial charge in [0, 0.05) is 27.7 Å². The van der Waals surface area contributed by atoms with Crippen molar-refractivity contribution in [3.8, 4) is 0 Å². The van der Waals surface area contributed by atoms with E-state index in [4.69, 9.17) is 23.7 Å². The summed E-state index contributed by atoms with van der Waals surface area (Å²) in [5.41, 5.74) is 0. The van der Waals surface area contributed by atoms with Crippen LogP contribution >= 0.6 is 0 Å². The van der Waals surface area contributed by atoms with E-state index in [1.807, 2.05) is 0 Å². The zero-order valence-electron chi connectivity index (χ0n) is 13.4. The Balaban J connectivity index is 2.87. The van der Waals surface area contributed by atoms with Gasteiger partial charge in [0.15, 0.2) is 6.10 Å². The zero-order chi connectivity index (χ0) is 17.6. The number of hydrogen-bond acceptors (Lipinski definition) is 9. The first-order chi connectivity index (χ1) is 10.7. The molecule has 0 radical (unpaired) electrons. The fourth-order valence-electron chi connectivity index (χ4n) is 2.17. The Bertz CT molecular complexity index is 473. The van der Waals surface area contributed by atoms with Crippen molar-refractivity contribution < 1.29 is 42.9 Å². The number of esters is 4. The van der Waals surface area contributed by atoms with Crippen molar-refractivity contribution in [1.29, 1.82) is 0 Å². The molecule has 0 aromatic rings. The van der Waals surface area contributed by atoms with Crippen LogP contribution in [0.15, 0.2) is 0 Å². The SMILES string of the molecule is CC(=O)OC[C@@H](OC(C)=O)[C@H]1O[C@H](OC(C)=O)C[C@H]1OC(C)=O. The largest absolute Gasteiger partial charge is 0.462 e. The monoisotopic (exact) mass is 332 g/mol. The maximum atomic E-state index is 11.2. The van der Waals surface area contributed by atoms with Gasteiger partial charge in [-0.05, 0) is 0 Å².